The molecule has 0 spiro atoms. The zero-order valence-electron chi connectivity index (χ0n) is 11.6. The lowest BCUT2D eigenvalue weighted by Gasteiger charge is -2.06. The van der Waals surface area contributed by atoms with E-state index in [1.165, 1.54) is 5.56 Å². The maximum Gasteiger partial charge on any atom is 0.161 e. The monoisotopic (exact) mass is 270 g/mol. The molecule has 0 atom stereocenters. The average molecular weight is 270 g/mol. The van der Waals surface area contributed by atoms with Crippen LogP contribution in [0.25, 0.3) is 0 Å². The quantitative estimate of drug-likeness (QED) is 0.645. The molecule has 4 heteroatoms. The summed E-state index contributed by atoms with van der Waals surface area (Å²) in [5.74, 6) is 0.599. The van der Waals surface area contributed by atoms with Crippen molar-refractivity contribution in [2.75, 3.05) is 12.0 Å². The van der Waals surface area contributed by atoms with Crippen LogP contribution < -0.4 is 10.2 Å². The molecule has 0 aromatic heterocycles. The third-order valence-electron chi connectivity index (χ3n) is 2.74. The summed E-state index contributed by atoms with van der Waals surface area (Å²) < 4.78 is 5.32. The maximum atomic E-state index is 9.61. The Labute approximate surface area is 118 Å². The molecule has 2 aromatic rings. The third-order valence-corrected chi connectivity index (χ3v) is 2.74. The highest BCUT2D eigenvalue weighted by Gasteiger charge is 2.01. The summed E-state index contributed by atoms with van der Waals surface area (Å²) in [5, 5.41) is 13.8. The average Bonchev–Trinajstić information content (AvgIpc) is 2.45. The van der Waals surface area contributed by atoms with Crippen LogP contribution in [0.15, 0.2) is 47.6 Å². The van der Waals surface area contributed by atoms with E-state index in [9.17, 15) is 5.11 Å². The number of ether oxygens (including phenoxy) is 1. The number of phenols is 1. The first kappa shape index (κ1) is 13.9. The predicted molar refractivity (Wildman–Crippen MR) is 81.7 cm³/mol. The van der Waals surface area contributed by atoms with E-state index < -0.39 is 0 Å². The third kappa shape index (κ3) is 3.75. The fourth-order valence-corrected chi connectivity index (χ4v) is 1.69. The fraction of sp³-hybridized carbons (Fsp3) is 0.188. The number of anilines is 1. The Bertz CT molecular complexity index is 592. The number of nitrogens with one attached hydrogen (secondary N) is 1. The molecule has 0 amide bonds. The molecule has 2 N–H and O–H groups in total. The van der Waals surface area contributed by atoms with Crippen molar-refractivity contribution in [2.45, 2.75) is 13.8 Å². The first-order valence-corrected chi connectivity index (χ1v) is 6.50. The first-order valence-electron chi connectivity index (χ1n) is 6.50. The van der Waals surface area contributed by atoms with Gasteiger partial charge in [-0.05, 0) is 49.7 Å². The highest BCUT2D eigenvalue weighted by atomic mass is 16.5. The van der Waals surface area contributed by atoms with Crippen LogP contribution in [0, 0.1) is 6.92 Å². The van der Waals surface area contributed by atoms with E-state index in [4.69, 9.17) is 4.74 Å². The molecular formula is C16H18N2O2. The molecule has 0 fully saturated rings. The van der Waals surface area contributed by atoms with Gasteiger partial charge in [-0.1, -0.05) is 17.7 Å². The lowest BCUT2D eigenvalue weighted by molar-refractivity contribution is 0.318. The van der Waals surface area contributed by atoms with Crippen molar-refractivity contribution in [1.82, 2.24) is 0 Å². The van der Waals surface area contributed by atoms with Crippen LogP contribution in [0.4, 0.5) is 5.69 Å². The second kappa shape index (κ2) is 6.61. The molecule has 0 radical (unpaired) electrons. The van der Waals surface area contributed by atoms with Crippen molar-refractivity contribution in [2.24, 2.45) is 5.10 Å². The fourth-order valence-electron chi connectivity index (χ4n) is 1.69. The Hall–Kier alpha value is -2.49. The van der Waals surface area contributed by atoms with E-state index in [0.717, 1.165) is 11.3 Å². The minimum Gasteiger partial charge on any atom is -0.504 e. The van der Waals surface area contributed by atoms with Gasteiger partial charge in [-0.3, -0.25) is 5.43 Å². The Morgan fingerprint density at radius 3 is 2.65 bits per heavy atom. The lowest BCUT2D eigenvalue weighted by atomic mass is 10.2. The molecule has 2 rings (SSSR count). The molecule has 20 heavy (non-hydrogen) atoms. The first-order chi connectivity index (χ1) is 9.69. The van der Waals surface area contributed by atoms with Crippen LogP contribution in [-0.2, 0) is 0 Å². The zero-order valence-corrected chi connectivity index (χ0v) is 11.6. The normalized spacial score (nSPS) is 10.7. The molecule has 0 aliphatic heterocycles. The molecule has 0 saturated carbocycles. The molecule has 0 saturated heterocycles. The van der Waals surface area contributed by atoms with Crippen molar-refractivity contribution in [3.8, 4) is 11.5 Å². The summed E-state index contributed by atoms with van der Waals surface area (Å²) in [6, 6.07) is 13.1. The molecule has 0 bridgehead atoms. The molecule has 2 aromatic carbocycles. The number of phenolic OH excluding ortho intramolecular Hbond substituents is 1. The lowest BCUT2D eigenvalue weighted by Crippen LogP contribution is -1.94. The number of hydrogen-bond acceptors (Lipinski definition) is 4. The number of aromatic hydroxyl groups is 1. The number of rotatable bonds is 5. The van der Waals surface area contributed by atoms with Crippen LogP contribution in [0.1, 0.15) is 18.1 Å². The summed E-state index contributed by atoms with van der Waals surface area (Å²) in [4.78, 5) is 0. The highest BCUT2D eigenvalue weighted by molar-refractivity contribution is 5.81. The maximum absolute atomic E-state index is 9.61. The van der Waals surface area contributed by atoms with Crippen LogP contribution in [0.2, 0.25) is 0 Å². The Balaban J connectivity index is 2.03. The van der Waals surface area contributed by atoms with Gasteiger partial charge in [0.1, 0.15) is 0 Å². The highest BCUT2D eigenvalue weighted by Crippen LogP contribution is 2.26. The Morgan fingerprint density at radius 1 is 1.20 bits per heavy atom. The van der Waals surface area contributed by atoms with E-state index in [2.05, 4.69) is 10.5 Å². The summed E-state index contributed by atoms with van der Waals surface area (Å²) in [7, 11) is 0. The van der Waals surface area contributed by atoms with Gasteiger partial charge in [0.05, 0.1) is 18.5 Å². The van der Waals surface area contributed by atoms with Gasteiger partial charge in [0.25, 0.3) is 0 Å². The number of hydrogen-bond donors (Lipinski definition) is 2. The van der Waals surface area contributed by atoms with Crippen LogP contribution in [0.5, 0.6) is 11.5 Å². The predicted octanol–water partition coefficient (Wildman–Crippen LogP) is 3.55. The Morgan fingerprint density at radius 2 is 1.95 bits per heavy atom. The Kier molecular flexibility index (Phi) is 4.60. The van der Waals surface area contributed by atoms with Gasteiger partial charge in [-0.2, -0.15) is 5.10 Å². The van der Waals surface area contributed by atoms with Crippen molar-refractivity contribution < 1.29 is 9.84 Å². The van der Waals surface area contributed by atoms with Gasteiger partial charge in [0.2, 0.25) is 0 Å². The van der Waals surface area contributed by atoms with Gasteiger partial charge in [-0.25, -0.2) is 0 Å². The second-order valence-electron chi connectivity index (χ2n) is 4.40. The zero-order chi connectivity index (χ0) is 14.4. The van der Waals surface area contributed by atoms with Gasteiger partial charge < -0.3 is 9.84 Å². The van der Waals surface area contributed by atoms with E-state index >= 15 is 0 Å². The molecular weight excluding hydrogens is 252 g/mol. The van der Waals surface area contributed by atoms with E-state index in [1.54, 1.807) is 24.4 Å². The van der Waals surface area contributed by atoms with Crippen molar-refractivity contribution in [1.29, 1.82) is 0 Å². The SMILES string of the molecule is CCOc1cc(/C=N/Nc2ccc(C)cc2)ccc1O. The molecule has 0 aliphatic carbocycles. The summed E-state index contributed by atoms with van der Waals surface area (Å²) in [5.41, 5.74) is 5.94. The number of nitrogens with zero attached hydrogens (tertiary/aromatic N) is 1. The molecule has 104 valence electrons. The number of aryl methyl sites for hydroxylation is 1. The largest absolute Gasteiger partial charge is 0.504 e. The smallest absolute Gasteiger partial charge is 0.161 e. The minimum atomic E-state index is 0.135. The second-order valence-corrected chi connectivity index (χ2v) is 4.40. The van der Waals surface area contributed by atoms with Gasteiger partial charge in [0.15, 0.2) is 11.5 Å². The van der Waals surface area contributed by atoms with Crippen molar-refractivity contribution in [3.63, 3.8) is 0 Å². The summed E-state index contributed by atoms with van der Waals surface area (Å²) >= 11 is 0. The number of hydrazone groups is 1. The van der Waals surface area contributed by atoms with E-state index in [0.29, 0.717) is 12.4 Å². The standard InChI is InChI=1S/C16H18N2O2/c1-3-20-16-10-13(6-9-15(16)19)11-17-18-14-7-4-12(2)5-8-14/h4-11,18-19H,3H2,1-2H3/b17-11+. The molecule has 0 heterocycles. The van der Waals surface area contributed by atoms with Crippen LogP contribution >= 0.6 is 0 Å². The molecule has 0 unspecified atom stereocenters. The van der Waals surface area contributed by atoms with Crippen LogP contribution in [-0.4, -0.2) is 17.9 Å². The van der Waals surface area contributed by atoms with Gasteiger partial charge in [0, 0.05) is 0 Å². The summed E-state index contributed by atoms with van der Waals surface area (Å²) in [6.45, 7) is 4.42. The number of benzene rings is 2. The van der Waals surface area contributed by atoms with Gasteiger partial charge in [-0.15, -0.1) is 0 Å². The topological polar surface area (TPSA) is 53.8 Å². The van der Waals surface area contributed by atoms with Gasteiger partial charge >= 0.3 is 0 Å². The molecule has 4 nitrogen and oxygen atoms in total. The minimum absolute atomic E-state index is 0.135. The molecule has 0 aliphatic rings. The van der Waals surface area contributed by atoms with Crippen LogP contribution in [0.3, 0.4) is 0 Å². The van der Waals surface area contributed by atoms with E-state index in [-0.39, 0.29) is 5.75 Å². The van der Waals surface area contributed by atoms with Crippen molar-refractivity contribution >= 4 is 11.9 Å². The summed E-state index contributed by atoms with van der Waals surface area (Å²) in [6.07, 6.45) is 1.68. The van der Waals surface area contributed by atoms with Crippen molar-refractivity contribution in [3.05, 3.63) is 53.6 Å². The van der Waals surface area contributed by atoms with E-state index in [1.807, 2.05) is 38.1 Å².